The van der Waals surface area contributed by atoms with Crippen LogP contribution in [0.25, 0.3) is 0 Å². The lowest BCUT2D eigenvalue weighted by atomic mass is 9.91. The van der Waals surface area contributed by atoms with E-state index in [1.807, 2.05) is 30.3 Å². The molecule has 6 heteroatoms. The van der Waals surface area contributed by atoms with Crippen LogP contribution in [0.3, 0.4) is 0 Å². The van der Waals surface area contributed by atoms with Crippen molar-refractivity contribution in [2.45, 2.75) is 82.9 Å². The molecule has 0 aromatic heterocycles. The van der Waals surface area contributed by atoms with Gasteiger partial charge in [0, 0.05) is 18.6 Å². The van der Waals surface area contributed by atoms with Gasteiger partial charge in [0.1, 0.15) is 13.2 Å². The minimum atomic E-state index is -1.09. The van der Waals surface area contributed by atoms with E-state index in [0.29, 0.717) is 0 Å². The van der Waals surface area contributed by atoms with Crippen molar-refractivity contribution < 1.29 is 19.4 Å². The van der Waals surface area contributed by atoms with Crippen molar-refractivity contribution in [3.63, 3.8) is 0 Å². The average molecular weight is 431 g/mol. The topological polar surface area (TPSA) is 78.9 Å². The van der Waals surface area contributed by atoms with Crippen molar-refractivity contribution in [3.05, 3.63) is 48.6 Å². The highest BCUT2D eigenvalue weighted by atomic mass is 16.6. The number of hydrogen-bond donors (Lipinski definition) is 2. The van der Waals surface area contributed by atoms with E-state index >= 15 is 0 Å². The van der Waals surface area contributed by atoms with Gasteiger partial charge in [0.2, 0.25) is 0 Å². The smallest absolute Gasteiger partial charge is 0.410 e. The van der Waals surface area contributed by atoms with E-state index in [1.165, 1.54) is 70.3 Å². The largest absolute Gasteiger partial charge is 0.480 e. The van der Waals surface area contributed by atoms with E-state index < -0.39 is 18.6 Å². The van der Waals surface area contributed by atoms with Crippen LogP contribution in [-0.2, 0) is 16.1 Å². The monoisotopic (exact) mass is 430 g/mol. The molecule has 172 valence electrons. The van der Waals surface area contributed by atoms with Gasteiger partial charge in [0.25, 0.3) is 0 Å². The standard InChI is InChI=1S/C13H15NO4.C12H23N/c1-2-8-14(9-12(15)16)13(17)18-10-11-6-4-3-5-7-11;1-3-7-11(8-4-1)13-12-9-5-2-6-10-12/h2-7H,1,8-10H2,(H,15,16);11-13H,1-10H2. The highest BCUT2D eigenvalue weighted by Crippen LogP contribution is 2.22. The molecule has 0 saturated heterocycles. The van der Waals surface area contributed by atoms with Gasteiger partial charge in [-0.25, -0.2) is 4.79 Å². The van der Waals surface area contributed by atoms with Crippen LogP contribution in [0.5, 0.6) is 0 Å². The van der Waals surface area contributed by atoms with E-state index in [2.05, 4.69) is 11.9 Å². The fourth-order valence-corrected chi connectivity index (χ4v) is 4.21. The number of ether oxygens (including phenoxy) is 1. The number of rotatable bonds is 8. The summed E-state index contributed by atoms with van der Waals surface area (Å²) in [5, 5.41) is 12.5. The Morgan fingerprint density at radius 3 is 2.03 bits per heavy atom. The third-order valence-electron chi connectivity index (χ3n) is 5.82. The highest BCUT2D eigenvalue weighted by molar-refractivity contribution is 5.76. The Balaban J connectivity index is 0.000000231. The van der Waals surface area contributed by atoms with Crippen LogP contribution in [-0.4, -0.2) is 47.2 Å². The highest BCUT2D eigenvalue weighted by Gasteiger charge is 2.19. The van der Waals surface area contributed by atoms with Crippen LogP contribution >= 0.6 is 0 Å². The number of hydrogen-bond acceptors (Lipinski definition) is 4. The first-order chi connectivity index (χ1) is 15.1. The van der Waals surface area contributed by atoms with Crippen LogP contribution in [0.15, 0.2) is 43.0 Å². The quantitative estimate of drug-likeness (QED) is 0.559. The van der Waals surface area contributed by atoms with Crippen LogP contribution in [0.2, 0.25) is 0 Å². The summed E-state index contributed by atoms with van der Waals surface area (Å²) in [5.41, 5.74) is 0.847. The number of aliphatic carboxylic acids is 1. The molecular weight excluding hydrogens is 392 g/mol. The summed E-state index contributed by atoms with van der Waals surface area (Å²) in [6.07, 6.45) is 15.4. The molecule has 0 aliphatic heterocycles. The van der Waals surface area contributed by atoms with Crippen LogP contribution < -0.4 is 5.32 Å². The Morgan fingerprint density at radius 1 is 1.00 bits per heavy atom. The zero-order valence-corrected chi connectivity index (χ0v) is 18.6. The number of carbonyl (C=O) groups is 2. The maximum atomic E-state index is 11.6. The molecule has 1 aromatic carbocycles. The zero-order valence-electron chi connectivity index (χ0n) is 18.6. The zero-order chi connectivity index (χ0) is 22.3. The number of carboxylic acid groups (broad SMARTS) is 1. The lowest BCUT2D eigenvalue weighted by Crippen LogP contribution is -2.40. The first-order valence-corrected chi connectivity index (χ1v) is 11.6. The second-order valence-electron chi connectivity index (χ2n) is 8.44. The number of nitrogens with one attached hydrogen (secondary N) is 1. The van der Waals surface area contributed by atoms with Gasteiger partial charge in [-0.3, -0.25) is 9.69 Å². The second kappa shape index (κ2) is 14.6. The Kier molecular flexibility index (Phi) is 11.8. The lowest BCUT2D eigenvalue weighted by Gasteiger charge is -2.30. The van der Waals surface area contributed by atoms with E-state index in [4.69, 9.17) is 9.84 Å². The Morgan fingerprint density at radius 2 is 1.55 bits per heavy atom. The van der Waals surface area contributed by atoms with E-state index in [-0.39, 0.29) is 13.2 Å². The van der Waals surface area contributed by atoms with Gasteiger partial charge < -0.3 is 15.2 Å². The van der Waals surface area contributed by atoms with Crippen LogP contribution in [0, 0.1) is 0 Å². The third-order valence-corrected chi connectivity index (χ3v) is 5.82. The number of benzene rings is 1. The number of nitrogens with zero attached hydrogens (tertiary/aromatic N) is 1. The van der Waals surface area contributed by atoms with Crippen molar-refractivity contribution in [3.8, 4) is 0 Å². The molecule has 2 saturated carbocycles. The molecule has 3 rings (SSSR count). The maximum Gasteiger partial charge on any atom is 0.410 e. The molecule has 2 aliphatic carbocycles. The van der Waals surface area contributed by atoms with Gasteiger partial charge in [-0.2, -0.15) is 0 Å². The summed E-state index contributed by atoms with van der Waals surface area (Å²) in [6, 6.07) is 10.9. The van der Waals surface area contributed by atoms with Crippen molar-refractivity contribution >= 4 is 12.1 Å². The van der Waals surface area contributed by atoms with Gasteiger partial charge in [-0.15, -0.1) is 6.58 Å². The number of carboxylic acids is 1. The Bertz CT molecular complexity index is 637. The molecule has 31 heavy (non-hydrogen) atoms. The molecule has 2 N–H and O–H groups in total. The maximum absolute atomic E-state index is 11.6. The Labute approximate surface area is 186 Å². The molecule has 6 nitrogen and oxygen atoms in total. The van der Waals surface area contributed by atoms with E-state index in [0.717, 1.165) is 22.5 Å². The molecule has 0 unspecified atom stereocenters. The summed E-state index contributed by atoms with van der Waals surface area (Å²) in [4.78, 5) is 23.3. The van der Waals surface area contributed by atoms with Crippen molar-refractivity contribution in [2.75, 3.05) is 13.1 Å². The Hall–Kier alpha value is -2.34. The van der Waals surface area contributed by atoms with Gasteiger partial charge in [-0.05, 0) is 31.2 Å². The summed E-state index contributed by atoms with van der Waals surface area (Å²) in [6.45, 7) is 3.32. The lowest BCUT2D eigenvalue weighted by molar-refractivity contribution is -0.137. The van der Waals surface area contributed by atoms with Gasteiger partial charge in [0.05, 0.1) is 0 Å². The van der Waals surface area contributed by atoms with Crippen molar-refractivity contribution in [1.82, 2.24) is 10.2 Å². The molecule has 1 aromatic rings. The molecule has 0 atom stereocenters. The molecule has 0 heterocycles. The van der Waals surface area contributed by atoms with Crippen molar-refractivity contribution in [1.29, 1.82) is 0 Å². The first-order valence-electron chi connectivity index (χ1n) is 11.6. The van der Waals surface area contributed by atoms with Crippen LogP contribution in [0.1, 0.15) is 69.8 Å². The molecule has 0 radical (unpaired) electrons. The summed E-state index contributed by atoms with van der Waals surface area (Å²) in [7, 11) is 0. The molecule has 2 fully saturated rings. The number of carbonyl (C=O) groups excluding carboxylic acids is 1. The predicted octanol–water partition coefficient (Wildman–Crippen LogP) is 5.14. The van der Waals surface area contributed by atoms with Crippen LogP contribution in [0.4, 0.5) is 4.79 Å². The average Bonchev–Trinajstić information content (AvgIpc) is 2.79. The van der Waals surface area contributed by atoms with E-state index in [1.54, 1.807) is 0 Å². The minimum absolute atomic E-state index is 0.118. The summed E-state index contributed by atoms with van der Waals surface area (Å²) >= 11 is 0. The summed E-state index contributed by atoms with van der Waals surface area (Å²) < 4.78 is 5.02. The normalized spacial score (nSPS) is 17.2. The molecule has 0 bridgehead atoms. The SMILES string of the molecule is C1CCC(NC2CCCCC2)CC1.C=CCN(CC(=O)O)C(=O)OCc1ccccc1. The first kappa shape index (κ1) is 24.9. The number of amides is 1. The van der Waals surface area contributed by atoms with Crippen molar-refractivity contribution in [2.24, 2.45) is 0 Å². The fourth-order valence-electron chi connectivity index (χ4n) is 4.21. The van der Waals surface area contributed by atoms with Gasteiger partial charge in [0.15, 0.2) is 0 Å². The molecule has 1 amide bonds. The molecular formula is C25H38N2O4. The molecule has 2 aliphatic rings. The van der Waals surface area contributed by atoms with Gasteiger partial charge >= 0.3 is 12.1 Å². The summed E-state index contributed by atoms with van der Waals surface area (Å²) in [5.74, 6) is -1.09. The second-order valence-corrected chi connectivity index (χ2v) is 8.44. The predicted molar refractivity (Wildman–Crippen MR) is 123 cm³/mol. The third kappa shape index (κ3) is 10.5. The van der Waals surface area contributed by atoms with Gasteiger partial charge in [-0.1, -0.05) is 74.9 Å². The molecule has 0 spiro atoms. The minimum Gasteiger partial charge on any atom is -0.480 e. The fraction of sp³-hybridized carbons (Fsp3) is 0.600. The van der Waals surface area contributed by atoms with E-state index in [9.17, 15) is 9.59 Å².